The van der Waals surface area contributed by atoms with Gasteiger partial charge >= 0.3 is 5.69 Å². The molecule has 10 heteroatoms. The zero-order valence-electron chi connectivity index (χ0n) is 9.40. The minimum Gasteiger partial charge on any atom is -0.329 e. The first-order valence-corrected chi connectivity index (χ1v) is 6.13. The van der Waals surface area contributed by atoms with E-state index in [4.69, 9.17) is 11.6 Å². The number of rotatable bonds is 3. The topological polar surface area (TPSA) is 81.0 Å². The van der Waals surface area contributed by atoms with Gasteiger partial charge in [-0.15, -0.1) is 0 Å². The van der Waals surface area contributed by atoms with Crippen molar-refractivity contribution in [3.8, 4) is 0 Å². The number of benzene rings is 1. The van der Waals surface area contributed by atoms with Crippen LogP contribution in [-0.4, -0.2) is 14.9 Å². The molecule has 20 heavy (non-hydrogen) atoms. The van der Waals surface area contributed by atoms with Crippen molar-refractivity contribution in [1.82, 2.24) is 9.97 Å². The zero-order valence-corrected chi connectivity index (χ0v) is 11.7. The maximum Gasteiger partial charge on any atom is 0.348 e. The molecule has 1 aromatic carbocycles. The number of hydrogen-bond acceptors (Lipinski definition) is 5. The SMILES string of the molecule is O=[N+]([O-])c1c(Cl)ncnc1Nc1c(F)cc(Br)cc1F. The number of nitro groups is 1. The highest BCUT2D eigenvalue weighted by Gasteiger charge is 2.23. The maximum atomic E-state index is 13.7. The van der Waals surface area contributed by atoms with Crippen LogP contribution in [0.25, 0.3) is 0 Å². The van der Waals surface area contributed by atoms with E-state index in [1.54, 1.807) is 0 Å². The minimum atomic E-state index is -0.944. The molecule has 0 saturated heterocycles. The van der Waals surface area contributed by atoms with Gasteiger partial charge in [0.2, 0.25) is 11.0 Å². The Morgan fingerprint density at radius 1 is 1.30 bits per heavy atom. The molecule has 0 radical (unpaired) electrons. The molecule has 0 aliphatic heterocycles. The third kappa shape index (κ3) is 2.83. The quantitative estimate of drug-likeness (QED) is 0.508. The van der Waals surface area contributed by atoms with Gasteiger partial charge in [-0.25, -0.2) is 18.7 Å². The minimum absolute atomic E-state index is 0.188. The lowest BCUT2D eigenvalue weighted by atomic mass is 10.3. The van der Waals surface area contributed by atoms with Crippen molar-refractivity contribution in [1.29, 1.82) is 0 Å². The van der Waals surface area contributed by atoms with Gasteiger partial charge in [0.1, 0.15) is 12.0 Å². The molecule has 1 aromatic heterocycles. The van der Waals surface area contributed by atoms with Gasteiger partial charge in [-0.2, -0.15) is 0 Å². The van der Waals surface area contributed by atoms with Crippen molar-refractivity contribution >= 4 is 44.7 Å². The summed E-state index contributed by atoms with van der Waals surface area (Å²) in [5, 5.41) is 12.6. The van der Waals surface area contributed by atoms with Crippen LogP contribution >= 0.6 is 27.5 Å². The molecule has 6 nitrogen and oxygen atoms in total. The van der Waals surface area contributed by atoms with E-state index in [9.17, 15) is 18.9 Å². The first kappa shape index (κ1) is 14.5. The lowest BCUT2D eigenvalue weighted by molar-refractivity contribution is -0.384. The molecule has 1 heterocycles. The fourth-order valence-corrected chi connectivity index (χ4v) is 1.99. The van der Waals surface area contributed by atoms with Crippen LogP contribution in [0.15, 0.2) is 22.9 Å². The summed E-state index contributed by atoms with van der Waals surface area (Å²) in [6.07, 6.45) is 0.937. The second-order valence-corrected chi connectivity index (χ2v) is 4.76. The van der Waals surface area contributed by atoms with Crippen molar-refractivity contribution in [3.05, 3.63) is 49.8 Å². The van der Waals surface area contributed by atoms with E-state index >= 15 is 0 Å². The lowest BCUT2D eigenvalue weighted by Crippen LogP contribution is -2.04. The van der Waals surface area contributed by atoms with Crippen LogP contribution in [0.5, 0.6) is 0 Å². The fraction of sp³-hybridized carbons (Fsp3) is 0. The average Bonchev–Trinajstić information content (AvgIpc) is 2.33. The Morgan fingerprint density at radius 2 is 1.90 bits per heavy atom. The van der Waals surface area contributed by atoms with Gasteiger partial charge in [-0.05, 0) is 12.1 Å². The highest BCUT2D eigenvalue weighted by molar-refractivity contribution is 9.10. The molecule has 2 aromatic rings. The van der Waals surface area contributed by atoms with Gasteiger partial charge in [-0.3, -0.25) is 10.1 Å². The highest BCUT2D eigenvalue weighted by atomic mass is 79.9. The molecule has 104 valence electrons. The standard InChI is InChI=1S/C10H4BrClF2N4O2/c11-4-1-5(13)7(6(14)2-4)17-10-8(18(19)20)9(12)15-3-16-10/h1-3H,(H,15,16,17). The lowest BCUT2D eigenvalue weighted by Gasteiger charge is -2.08. The number of halogens is 4. The van der Waals surface area contributed by atoms with E-state index in [0.29, 0.717) is 0 Å². The highest BCUT2D eigenvalue weighted by Crippen LogP contribution is 2.33. The molecule has 0 unspecified atom stereocenters. The van der Waals surface area contributed by atoms with E-state index in [-0.39, 0.29) is 4.47 Å². The van der Waals surface area contributed by atoms with E-state index in [1.165, 1.54) is 0 Å². The second kappa shape index (κ2) is 5.63. The number of nitrogens with one attached hydrogen (secondary N) is 1. The van der Waals surface area contributed by atoms with Crippen LogP contribution in [0.4, 0.5) is 26.0 Å². The monoisotopic (exact) mass is 364 g/mol. The Bertz CT molecular complexity index is 678. The molecule has 0 bridgehead atoms. The Balaban J connectivity index is 2.51. The van der Waals surface area contributed by atoms with Gasteiger partial charge in [0, 0.05) is 4.47 Å². The maximum absolute atomic E-state index is 13.7. The largest absolute Gasteiger partial charge is 0.348 e. The first-order chi connectivity index (χ1) is 9.40. The number of aromatic nitrogens is 2. The van der Waals surface area contributed by atoms with Gasteiger partial charge in [0.05, 0.1) is 4.92 Å². The molecule has 0 atom stereocenters. The van der Waals surface area contributed by atoms with Crippen LogP contribution in [0.2, 0.25) is 5.15 Å². The Labute approximate surface area is 124 Å². The van der Waals surface area contributed by atoms with E-state index in [1.807, 2.05) is 0 Å². The Kier molecular flexibility index (Phi) is 4.09. The number of anilines is 2. The summed E-state index contributed by atoms with van der Waals surface area (Å²) in [5.74, 6) is -2.29. The molecule has 0 saturated carbocycles. The smallest absolute Gasteiger partial charge is 0.329 e. The van der Waals surface area contributed by atoms with Crippen LogP contribution in [0.1, 0.15) is 0 Å². The van der Waals surface area contributed by atoms with Crippen LogP contribution in [-0.2, 0) is 0 Å². The number of hydrogen-bond donors (Lipinski definition) is 1. The van der Waals surface area contributed by atoms with Crippen molar-refractivity contribution in [2.45, 2.75) is 0 Å². The molecular weight excluding hydrogens is 361 g/mol. The van der Waals surface area contributed by atoms with Crippen LogP contribution in [0.3, 0.4) is 0 Å². The van der Waals surface area contributed by atoms with Gasteiger partial charge < -0.3 is 5.32 Å². The van der Waals surface area contributed by atoms with Crippen molar-refractivity contribution in [2.24, 2.45) is 0 Å². The predicted molar refractivity (Wildman–Crippen MR) is 71.0 cm³/mol. The summed E-state index contributed by atoms with van der Waals surface area (Å²) in [4.78, 5) is 17.0. The van der Waals surface area contributed by atoms with Crippen molar-refractivity contribution in [3.63, 3.8) is 0 Å². The van der Waals surface area contributed by atoms with Gasteiger partial charge in [0.15, 0.2) is 11.6 Å². The van der Waals surface area contributed by atoms with Crippen LogP contribution < -0.4 is 5.32 Å². The summed E-state index contributed by atoms with van der Waals surface area (Å²) < 4.78 is 27.5. The second-order valence-electron chi connectivity index (χ2n) is 3.49. The Morgan fingerprint density at radius 3 is 2.45 bits per heavy atom. The summed E-state index contributed by atoms with van der Waals surface area (Å²) in [5.41, 5.74) is -1.25. The molecule has 0 aliphatic rings. The van der Waals surface area contributed by atoms with E-state index < -0.39 is 38.9 Å². The first-order valence-electron chi connectivity index (χ1n) is 4.96. The third-order valence-electron chi connectivity index (χ3n) is 2.21. The van der Waals surface area contributed by atoms with Crippen LogP contribution in [0, 0.1) is 21.7 Å². The molecule has 0 spiro atoms. The molecule has 0 amide bonds. The van der Waals surface area contributed by atoms with Gasteiger partial charge in [-0.1, -0.05) is 27.5 Å². The van der Waals surface area contributed by atoms with Gasteiger partial charge in [0.25, 0.3) is 0 Å². The van der Waals surface area contributed by atoms with Crippen molar-refractivity contribution in [2.75, 3.05) is 5.32 Å². The van der Waals surface area contributed by atoms with E-state index in [2.05, 4.69) is 31.2 Å². The normalized spacial score (nSPS) is 10.4. The molecule has 1 N–H and O–H groups in total. The molecular formula is C10H4BrClF2N4O2. The summed E-state index contributed by atoms with van der Waals surface area (Å²) in [6.45, 7) is 0. The molecule has 0 aliphatic carbocycles. The average molecular weight is 366 g/mol. The molecule has 2 rings (SSSR count). The summed E-state index contributed by atoms with van der Waals surface area (Å²) >= 11 is 8.49. The van der Waals surface area contributed by atoms with Crippen molar-refractivity contribution < 1.29 is 13.7 Å². The third-order valence-corrected chi connectivity index (χ3v) is 2.94. The van der Waals surface area contributed by atoms with E-state index in [0.717, 1.165) is 18.5 Å². The molecule has 0 fully saturated rings. The fourth-order valence-electron chi connectivity index (χ4n) is 1.39. The zero-order chi connectivity index (χ0) is 14.9. The summed E-state index contributed by atoms with van der Waals surface area (Å²) in [7, 11) is 0. The number of nitrogens with zero attached hydrogens (tertiary/aromatic N) is 3. The Hall–Kier alpha value is -1.87. The predicted octanol–water partition coefficient (Wildman–Crippen LogP) is 3.82. The summed E-state index contributed by atoms with van der Waals surface area (Å²) in [6, 6.07) is 2.00.